The largest absolute Gasteiger partial charge is 0.375 e. The smallest absolute Gasteiger partial charge is 0.248 e. The van der Waals surface area contributed by atoms with Gasteiger partial charge in [0.2, 0.25) is 5.91 Å². The van der Waals surface area contributed by atoms with E-state index in [2.05, 4.69) is 16.4 Å². The number of hydrogen-bond acceptors (Lipinski definition) is 6. The molecule has 0 aromatic carbocycles. The van der Waals surface area contributed by atoms with Crippen LogP contribution in [-0.4, -0.2) is 47.6 Å². The molecule has 1 N–H and O–H groups in total. The predicted molar refractivity (Wildman–Crippen MR) is 94.8 cm³/mol. The van der Waals surface area contributed by atoms with E-state index in [4.69, 9.17) is 9.72 Å². The lowest BCUT2D eigenvalue weighted by Crippen LogP contribution is -2.39. The minimum absolute atomic E-state index is 0.0680. The van der Waals surface area contributed by atoms with E-state index in [0.29, 0.717) is 5.92 Å². The number of piperidine rings is 1. The summed E-state index contributed by atoms with van der Waals surface area (Å²) in [4.78, 5) is 24.0. The molecular formula is C17H22N4O2S. The van der Waals surface area contributed by atoms with Gasteiger partial charge in [0, 0.05) is 42.9 Å². The van der Waals surface area contributed by atoms with Crippen LogP contribution in [0.3, 0.4) is 0 Å². The second-order valence-electron chi connectivity index (χ2n) is 5.94. The number of anilines is 2. The average molecular weight is 346 g/mol. The Morgan fingerprint density at radius 3 is 2.88 bits per heavy atom. The number of hydrogen-bond donors (Lipinski definition) is 1. The van der Waals surface area contributed by atoms with Crippen molar-refractivity contribution in [2.75, 3.05) is 32.1 Å². The molecule has 2 aromatic heterocycles. The van der Waals surface area contributed by atoms with Crippen molar-refractivity contribution in [1.82, 2.24) is 14.9 Å². The lowest BCUT2D eigenvalue weighted by atomic mass is 9.93. The molecule has 0 aliphatic carbocycles. The molecule has 1 fully saturated rings. The summed E-state index contributed by atoms with van der Waals surface area (Å²) in [6.45, 7) is 3.72. The molecular weight excluding hydrogens is 324 g/mol. The van der Waals surface area contributed by atoms with Crippen LogP contribution in [0.1, 0.15) is 29.3 Å². The van der Waals surface area contributed by atoms with Gasteiger partial charge >= 0.3 is 0 Å². The maximum Gasteiger partial charge on any atom is 0.248 e. The molecule has 1 saturated heterocycles. The van der Waals surface area contributed by atoms with Gasteiger partial charge in [0.15, 0.2) is 5.13 Å². The normalized spacial score (nSPS) is 15.5. The fourth-order valence-corrected chi connectivity index (χ4v) is 3.58. The molecule has 0 atom stereocenters. The zero-order chi connectivity index (χ0) is 16.9. The Kier molecular flexibility index (Phi) is 5.42. The third kappa shape index (κ3) is 4.10. The van der Waals surface area contributed by atoms with E-state index in [9.17, 15) is 4.79 Å². The van der Waals surface area contributed by atoms with Gasteiger partial charge in [0.1, 0.15) is 12.4 Å². The molecule has 3 rings (SSSR count). The molecule has 0 spiro atoms. The molecule has 24 heavy (non-hydrogen) atoms. The molecule has 0 bridgehead atoms. The molecule has 1 aliphatic heterocycles. The van der Waals surface area contributed by atoms with E-state index in [1.165, 1.54) is 4.88 Å². The van der Waals surface area contributed by atoms with Gasteiger partial charge in [-0.05, 0) is 31.9 Å². The van der Waals surface area contributed by atoms with Crippen molar-refractivity contribution in [2.24, 2.45) is 0 Å². The number of pyridine rings is 1. The molecule has 0 unspecified atom stereocenters. The molecule has 7 heteroatoms. The second-order valence-corrected chi connectivity index (χ2v) is 7.17. The second kappa shape index (κ2) is 7.72. The summed E-state index contributed by atoms with van der Waals surface area (Å²) in [5.74, 6) is 1.27. The van der Waals surface area contributed by atoms with Gasteiger partial charge < -0.3 is 15.0 Å². The van der Waals surface area contributed by atoms with E-state index < -0.39 is 0 Å². The minimum Gasteiger partial charge on any atom is -0.375 e. The Hall–Kier alpha value is -1.99. The van der Waals surface area contributed by atoms with Crippen molar-refractivity contribution >= 4 is 28.2 Å². The molecule has 6 nitrogen and oxygen atoms in total. The first-order chi connectivity index (χ1) is 11.7. The number of aromatic nitrogens is 2. The van der Waals surface area contributed by atoms with Crippen LogP contribution in [0.5, 0.6) is 0 Å². The third-order valence-corrected chi connectivity index (χ3v) is 4.99. The van der Waals surface area contributed by atoms with E-state index in [1.54, 1.807) is 18.4 Å². The number of carbonyl (C=O) groups excluding carboxylic acids is 1. The van der Waals surface area contributed by atoms with Crippen LogP contribution in [-0.2, 0) is 9.53 Å². The molecule has 1 aliphatic rings. The molecule has 0 radical (unpaired) electrons. The Morgan fingerprint density at radius 2 is 2.21 bits per heavy atom. The quantitative estimate of drug-likeness (QED) is 0.901. The van der Waals surface area contributed by atoms with Crippen molar-refractivity contribution in [3.8, 4) is 0 Å². The number of rotatable bonds is 5. The third-order valence-electron chi connectivity index (χ3n) is 4.16. The topological polar surface area (TPSA) is 67.3 Å². The van der Waals surface area contributed by atoms with E-state index >= 15 is 0 Å². The molecule has 2 aromatic rings. The maximum atomic E-state index is 11.9. The first-order valence-corrected chi connectivity index (χ1v) is 8.90. The van der Waals surface area contributed by atoms with Gasteiger partial charge in [-0.1, -0.05) is 6.07 Å². The lowest BCUT2D eigenvalue weighted by molar-refractivity contribution is -0.136. The standard InChI is InChI=1S/C17H22N4O2S/c1-12-10-18-17(24-12)20-15-5-3-4-14(19-15)13-6-8-21(9-7-13)16(22)11-23-2/h3-5,10,13H,6-9,11H2,1-2H3,(H,18,19,20). The van der Waals surface area contributed by atoms with Gasteiger partial charge in [-0.3, -0.25) is 4.79 Å². The number of thiazole rings is 1. The average Bonchev–Trinajstić information content (AvgIpc) is 3.00. The van der Waals surface area contributed by atoms with E-state index in [1.807, 2.05) is 30.2 Å². The first-order valence-electron chi connectivity index (χ1n) is 8.09. The zero-order valence-electron chi connectivity index (χ0n) is 14.0. The summed E-state index contributed by atoms with van der Waals surface area (Å²) < 4.78 is 4.93. The van der Waals surface area contributed by atoms with Crippen LogP contribution in [0.25, 0.3) is 0 Å². The highest BCUT2D eigenvalue weighted by Gasteiger charge is 2.24. The van der Waals surface area contributed by atoms with Crippen molar-refractivity contribution in [3.05, 3.63) is 35.0 Å². The SMILES string of the molecule is COCC(=O)N1CCC(c2cccc(Nc3ncc(C)s3)n2)CC1. The van der Waals surface area contributed by atoms with Crippen LogP contribution in [0, 0.1) is 6.92 Å². The van der Waals surface area contributed by atoms with Gasteiger partial charge in [0.25, 0.3) is 0 Å². The summed E-state index contributed by atoms with van der Waals surface area (Å²) >= 11 is 1.61. The van der Waals surface area contributed by atoms with E-state index in [0.717, 1.165) is 42.6 Å². The lowest BCUT2D eigenvalue weighted by Gasteiger charge is -2.31. The van der Waals surface area contributed by atoms with Crippen molar-refractivity contribution < 1.29 is 9.53 Å². The van der Waals surface area contributed by atoms with Gasteiger partial charge in [-0.25, -0.2) is 9.97 Å². The summed E-state index contributed by atoms with van der Waals surface area (Å²) in [6, 6.07) is 6.04. The first kappa shape index (κ1) is 16.9. The highest BCUT2D eigenvalue weighted by atomic mass is 32.1. The van der Waals surface area contributed by atoms with Gasteiger partial charge in [-0.2, -0.15) is 0 Å². The van der Waals surface area contributed by atoms with E-state index in [-0.39, 0.29) is 12.5 Å². The fraction of sp³-hybridized carbons (Fsp3) is 0.471. The number of nitrogens with one attached hydrogen (secondary N) is 1. The molecule has 3 heterocycles. The maximum absolute atomic E-state index is 11.9. The number of aryl methyl sites for hydroxylation is 1. The Morgan fingerprint density at radius 1 is 1.42 bits per heavy atom. The van der Waals surface area contributed by atoms with Crippen LogP contribution < -0.4 is 5.32 Å². The van der Waals surface area contributed by atoms with Gasteiger partial charge in [-0.15, -0.1) is 11.3 Å². The van der Waals surface area contributed by atoms with Crippen molar-refractivity contribution in [2.45, 2.75) is 25.7 Å². The van der Waals surface area contributed by atoms with Crippen molar-refractivity contribution in [1.29, 1.82) is 0 Å². The summed E-state index contributed by atoms with van der Waals surface area (Å²) in [5, 5.41) is 4.12. The Balaban J connectivity index is 1.61. The zero-order valence-corrected chi connectivity index (χ0v) is 14.8. The number of nitrogens with zero attached hydrogens (tertiary/aromatic N) is 3. The van der Waals surface area contributed by atoms with Crippen LogP contribution in [0.4, 0.5) is 10.9 Å². The summed E-state index contributed by atoms with van der Waals surface area (Å²) in [6.07, 6.45) is 3.72. The predicted octanol–water partition coefficient (Wildman–Crippen LogP) is 2.94. The summed E-state index contributed by atoms with van der Waals surface area (Å²) in [7, 11) is 1.55. The highest BCUT2D eigenvalue weighted by molar-refractivity contribution is 7.15. The monoisotopic (exact) mass is 346 g/mol. The molecule has 1 amide bonds. The number of amides is 1. The molecule has 128 valence electrons. The number of likely N-dealkylation sites (tertiary alicyclic amines) is 1. The number of ether oxygens (including phenoxy) is 1. The summed E-state index contributed by atoms with van der Waals surface area (Å²) in [5.41, 5.74) is 1.08. The van der Waals surface area contributed by atoms with Crippen molar-refractivity contribution in [3.63, 3.8) is 0 Å². The van der Waals surface area contributed by atoms with Crippen LogP contribution >= 0.6 is 11.3 Å². The van der Waals surface area contributed by atoms with Crippen LogP contribution in [0.15, 0.2) is 24.4 Å². The Bertz CT molecular complexity index is 695. The van der Waals surface area contributed by atoms with Crippen LogP contribution in [0.2, 0.25) is 0 Å². The number of carbonyl (C=O) groups is 1. The highest BCUT2D eigenvalue weighted by Crippen LogP contribution is 2.28. The fourth-order valence-electron chi connectivity index (χ4n) is 2.91. The Labute approximate surface area is 145 Å². The molecule has 0 saturated carbocycles. The number of methoxy groups -OCH3 is 1. The minimum atomic E-state index is 0.0680. The van der Waals surface area contributed by atoms with Gasteiger partial charge in [0.05, 0.1) is 0 Å².